The zero-order chi connectivity index (χ0) is 22.4. The van der Waals surface area contributed by atoms with Crippen molar-refractivity contribution in [3.63, 3.8) is 0 Å². The highest BCUT2D eigenvalue weighted by molar-refractivity contribution is 8.00. The van der Waals surface area contributed by atoms with Gasteiger partial charge in [0, 0.05) is 21.1 Å². The Kier molecular flexibility index (Phi) is 4.30. The molecular formula is C25H19ClN2O3S2. The van der Waals surface area contributed by atoms with E-state index in [-0.39, 0.29) is 57.4 Å². The SMILES string of the molecule is O=C1[C@@H]2[C@H]3C[C@@H]([C@@H]4Sc5[nH]c(=O)sc5[C@@H](c5ccccc5)[C@@H]34)[C@H]2C(=O)N1c1ccc(Cl)cc1. The normalized spacial score (nSPS) is 33.8. The van der Waals surface area contributed by atoms with Crippen LogP contribution in [0.15, 0.2) is 64.4 Å². The minimum atomic E-state index is -0.288. The number of H-pyrrole nitrogens is 1. The van der Waals surface area contributed by atoms with Crippen molar-refractivity contribution in [2.45, 2.75) is 22.6 Å². The summed E-state index contributed by atoms with van der Waals surface area (Å²) in [5.74, 6) is -0.181. The highest BCUT2D eigenvalue weighted by Crippen LogP contribution is 2.68. The van der Waals surface area contributed by atoms with E-state index in [1.165, 1.54) is 21.8 Å². The molecule has 5 nitrogen and oxygen atoms in total. The second kappa shape index (κ2) is 7.08. The molecule has 1 saturated heterocycles. The van der Waals surface area contributed by atoms with Gasteiger partial charge in [-0.2, -0.15) is 0 Å². The second-order valence-electron chi connectivity index (χ2n) is 9.36. The molecular weight excluding hydrogens is 476 g/mol. The molecule has 33 heavy (non-hydrogen) atoms. The molecule has 166 valence electrons. The predicted molar refractivity (Wildman–Crippen MR) is 129 cm³/mol. The number of nitrogens with zero attached hydrogens (tertiary/aromatic N) is 1. The molecule has 4 aliphatic rings. The Morgan fingerprint density at radius 3 is 2.33 bits per heavy atom. The van der Waals surface area contributed by atoms with Crippen molar-refractivity contribution in [1.29, 1.82) is 0 Å². The van der Waals surface area contributed by atoms with E-state index in [1.54, 1.807) is 36.0 Å². The quantitative estimate of drug-likeness (QED) is 0.521. The molecule has 3 heterocycles. The van der Waals surface area contributed by atoms with Gasteiger partial charge >= 0.3 is 4.87 Å². The van der Waals surface area contributed by atoms with E-state index in [0.29, 0.717) is 10.7 Å². The lowest BCUT2D eigenvalue weighted by Crippen LogP contribution is -2.42. The molecule has 1 aromatic heterocycles. The Hall–Kier alpha value is -2.35. The highest BCUT2D eigenvalue weighted by atomic mass is 35.5. The van der Waals surface area contributed by atoms with Gasteiger partial charge in [-0.1, -0.05) is 53.3 Å². The molecule has 2 amide bonds. The van der Waals surface area contributed by atoms with Crippen LogP contribution in [0, 0.1) is 29.6 Å². The third-order valence-corrected chi connectivity index (χ3v) is 10.8. The number of carbonyl (C=O) groups excluding carboxylic acids is 2. The van der Waals surface area contributed by atoms with Crippen LogP contribution in [0.4, 0.5) is 5.69 Å². The lowest BCUT2D eigenvalue weighted by molar-refractivity contribution is -0.123. The van der Waals surface area contributed by atoms with Crippen LogP contribution in [0.3, 0.4) is 0 Å². The number of thiazole rings is 1. The molecule has 2 saturated carbocycles. The molecule has 7 atom stereocenters. The first-order valence-electron chi connectivity index (χ1n) is 11.1. The first-order chi connectivity index (χ1) is 16.0. The number of halogens is 1. The molecule has 0 radical (unpaired) electrons. The third-order valence-electron chi connectivity index (χ3n) is 7.97. The highest BCUT2D eigenvalue weighted by Gasteiger charge is 2.69. The Morgan fingerprint density at radius 2 is 1.61 bits per heavy atom. The third kappa shape index (κ3) is 2.70. The lowest BCUT2D eigenvalue weighted by Gasteiger charge is -2.43. The summed E-state index contributed by atoms with van der Waals surface area (Å²) in [5.41, 5.74) is 1.78. The van der Waals surface area contributed by atoms with E-state index in [2.05, 4.69) is 17.1 Å². The largest absolute Gasteiger partial charge is 0.307 e. The zero-order valence-electron chi connectivity index (χ0n) is 17.3. The molecule has 2 bridgehead atoms. The number of amides is 2. The van der Waals surface area contributed by atoms with Gasteiger partial charge in [-0.05, 0) is 54.0 Å². The van der Waals surface area contributed by atoms with Crippen LogP contribution >= 0.6 is 34.7 Å². The van der Waals surface area contributed by atoms with Gasteiger partial charge in [0.25, 0.3) is 0 Å². The van der Waals surface area contributed by atoms with Crippen molar-refractivity contribution in [2.75, 3.05) is 4.90 Å². The number of thioether (sulfide) groups is 1. The monoisotopic (exact) mass is 494 g/mol. The minimum absolute atomic E-state index is 0.0398. The van der Waals surface area contributed by atoms with Gasteiger partial charge in [0.15, 0.2) is 0 Å². The number of carbonyl (C=O) groups is 2. The molecule has 1 N–H and O–H groups in total. The number of fused-ring (bicyclic) bond motifs is 9. The maximum atomic E-state index is 13.7. The number of rotatable bonds is 2. The van der Waals surface area contributed by atoms with E-state index in [4.69, 9.17) is 11.6 Å². The Balaban J connectivity index is 1.33. The van der Waals surface area contributed by atoms with Crippen LogP contribution in [-0.2, 0) is 9.59 Å². The zero-order valence-corrected chi connectivity index (χ0v) is 19.7. The molecule has 2 aromatic carbocycles. The summed E-state index contributed by atoms with van der Waals surface area (Å²) in [5, 5.41) is 1.73. The number of aromatic nitrogens is 1. The lowest BCUT2D eigenvalue weighted by atomic mass is 9.68. The topological polar surface area (TPSA) is 70.2 Å². The predicted octanol–water partition coefficient (Wildman–Crippen LogP) is 4.77. The Labute approximate surface area is 203 Å². The van der Waals surface area contributed by atoms with E-state index < -0.39 is 0 Å². The van der Waals surface area contributed by atoms with Gasteiger partial charge < -0.3 is 4.98 Å². The summed E-state index contributed by atoms with van der Waals surface area (Å²) in [4.78, 5) is 45.0. The molecule has 2 aliphatic heterocycles. The fraction of sp³-hybridized carbons (Fsp3) is 0.320. The smallest absolute Gasteiger partial charge is 0.305 e. The fourth-order valence-electron chi connectivity index (χ4n) is 6.90. The number of imide groups is 1. The standard InChI is InChI=1S/C25H19ClN2O3S2/c26-12-6-8-13(9-7-12)28-23(29)18-14-10-15(19(18)24(28)30)20-17(14)16(11-4-2-1-3-5-11)21-22(32-20)27-25(31)33-21/h1-9,14-20H,10H2,(H,27,31)/t14-,15+,16-,17+,18+,19+,20-/m0/s1. The van der Waals surface area contributed by atoms with Crippen molar-refractivity contribution in [1.82, 2.24) is 4.98 Å². The Morgan fingerprint density at radius 1 is 0.909 bits per heavy atom. The summed E-state index contributed by atoms with van der Waals surface area (Å²) in [7, 11) is 0. The van der Waals surface area contributed by atoms with E-state index in [0.717, 1.165) is 16.3 Å². The summed E-state index contributed by atoms with van der Waals surface area (Å²) in [6, 6.07) is 17.2. The maximum Gasteiger partial charge on any atom is 0.305 e. The van der Waals surface area contributed by atoms with Gasteiger partial charge in [-0.3, -0.25) is 19.3 Å². The maximum absolute atomic E-state index is 13.7. The van der Waals surface area contributed by atoms with Crippen LogP contribution in [0.25, 0.3) is 0 Å². The first-order valence-corrected chi connectivity index (χ1v) is 13.2. The number of anilines is 1. The van der Waals surface area contributed by atoms with E-state index >= 15 is 0 Å². The average molecular weight is 495 g/mol. The molecule has 0 unspecified atom stereocenters. The molecule has 7 rings (SSSR count). The molecule has 3 aromatic rings. The summed E-state index contributed by atoms with van der Waals surface area (Å²) >= 11 is 9.03. The fourth-order valence-corrected chi connectivity index (χ4v) is 9.91. The number of hydrogen-bond acceptors (Lipinski definition) is 5. The van der Waals surface area contributed by atoms with Crippen LogP contribution < -0.4 is 9.77 Å². The van der Waals surface area contributed by atoms with Crippen molar-refractivity contribution < 1.29 is 9.59 Å². The molecule has 0 spiro atoms. The van der Waals surface area contributed by atoms with Gasteiger partial charge in [-0.15, -0.1) is 11.8 Å². The number of aromatic amines is 1. The van der Waals surface area contributed by atoms with Crippen molar-refractivity contribution >= 4 is 52.2 Å². The number of nitrogens with one attached hydrogen (secondary N) is 1. The number of hydrogen-bond donors (Lipinski definition) is 1. The van der Waals surface area contributed by atoms with Gasteiger partial charge in [0.05, 0.1) is 22.5 Å². The van der Waals surface area contributed by atoms with Crippen LogP contribution in [0.1, 0.15) is 22.8 Å². The van der Waals surface area contributed by atoms with Crippen molar-refractivity contribution in [3.05, 3.63) is 79.7 Å². The van der Waals surface area contributed by atoms with E-state index in [1.807, 2.05) is 18.2 Å². The van der Waals surface area contributed by atoms with Crippen molar-refractivity contribution in [3.8, 4) is 0 Å². The summed E-state index contributed by atoms with van der Waals surface area (Å²) in [6.07, 6.45) is 0.895. The van der Waals surface area contributed by atoms with Gasteiger partial charge in [0.2, 0.25) is 11.8 Å². The summed E-state index contributed by atoms with van der Waals surface area (Å²) < 4.78 is 0. The van der Waals surface area contributed by atoms with Gasteiger partial charge in [0.1, 0.15) is 0 Å². The number of benzene rings is 2. The van der Waals surface area contributed by atoms with Gasteiger partial charge in [-0.25, -0.2) is 0 Å². The molecule has 8 heteroatoms. The molecule has 2 aliphatic carbocycles. The first kappa shape index (κ1) is 20.1. The Bertz CT molecular complexity index is 1350. The summed E-state index contributed by atoms with van der Waals surface area (Å²) in [6.45, 7) is 0. The molecule has 3 fully saturated rings. The van der Waals surface area contributed by atoms with Crippen LogP contribution in [-0.4, -0.2) is 22.0 Å². The van der Waals surface area contributed by atoms with Crippen molar-refractivity contribution in [2.24, 2.45) is 29.6 Å². The minimum Gasteiger partial charge on any atom is -0.307 e. The van der Waals surface area contributed by atoms with Crippen LogP contribution in [0.2, 0.25) is 5.02 Å². The average Bonchev–Trinajstić information content (AvgIpc) is 3.54. The second-order valence-corrected chi connectivity index (χ2v) is 12.0. The van der Waals surface area contributed by atoms with Crippen LogP contribution in [0.5, 0.6) is 0 Å². The van der Waals surface area contributed by atoms with E-state index in [9.17, 15) is 14.4 Å².